The van der Waals surface area contributed by atoms with Crippen LogP contribution in [0.2, 0.25) is 0 Å². The first-order valence-electron chi connectivity index (χ1n) is 5.96. The monoisotopic (exact) mass is 322 g/mol. The molecule has 0 heterocycles. The fourth-order valence-corrected chi connectivity index (χ4v) is 2.87. The van der Waals surface area contributed by atoms with Crippen LogP contribution in [0.3, 0.4) is 0 Å². The highest BCUT2D eigenvalue weighted by Gasteiger charge is 2.36. The lowest BCUT2D eigenvalue weighted by Crippen LogP contribution is -2.27. The molecule has 0 aromatic heterocycles. The third-order valence-electron chi connectivity index (χ3n) is 2.52. The van der Waals surface area contributed by atoms with Crippen molar-refractivity contribution in [3.05, 3.63) is 40.3 Å². The smallest absolute Gasteiger partial charge is 0.211 e. The number of alkyl halides is 3. The van der Waals surface area contributed by atoms with Crippen molar-refractivity contribution in [3.63, 3.8) is 0 Å². The van der Waals surface area contributed by atoms with E-state index >= 15 is 0 Å². The van der Waals surface area contributed by atoms with Gasteiger partial charge < -0.3 is 0 Å². The van der Waals surface area contributed by atoms with Gasteiger partial charge in [0.1, 0.15) is 0 Å². The Kier molecular flexibility index (Phi) is 6.01. The summed E-state index contributed by atoms with van der Waals surface area (Å²) in [5.41, 5.74) is 6.85. The normalized spacial score (nSPS) is 12.0. The molecule has 0 unspecified atom stereocenters. The molecule has 0 bridgehead atoms. The number of benzene rings is 1. The van der Waals surface area contributed by atoms with E-state index in [0.717, 1.165) is 18.2 Å². The van der Waals surface area contributed by atoms with Gasteiger partial charge in [-0.25, -0.2) is 13.1 Å². The summed E-state index contributed by atoms with van der Waals surface area (Å²) in [4.78, 5) is 1.73. The second-order valence-electron chi connectivity index (χ2n) is 4.05. The van der Waals surface area contributed by atoms with Crippen molar-refractivity contribution < 1.29 is 21.6 Å². The number of unbranched alkanes of at least 4 members (excludes halogenated alkanes) is 1. The minimum absolute atomic E-state index is 0.0323. The molecule has 0 radical (unpaired) electrons. The van der Waals surface area contributed by atoms with Crippen molar-refractivity contribution >= 4 is 10.0 Å². The first-order valence-corrected chi connectivity index (χ1v) is 7.44. The molecule has 1 rings (SSSR count). The lowest BCUT2D eigenvalue weighted by Gasteiger charge is -2.13. The van der Waals surface area contributed by atoms with Gasteiger partial charge in [-0.2, -0.15) is 13.2 Å². The minimum Gasteiger partial charge on any atom is -0.211 e. The number of nitrogens with zero attached hydrogens (tertiary/aromatic N) is 3. The van der Waals surface area contributed by atoms with Gasteiger partial charge in [0.25, 0.3) is 0 Å². The van der Waals surface area contributed by atoms with Gasteiger partial charge >= 0.3 is 6.18 Å². The van der Waals surface area contributed by atoms with E-state index in [-0.39, 0.29) is 13.1 Å². The van der Waals surface area contributed by atoms with Crippen LogP contribution in [-0.4, -0.2) is 21.5 Å². The van der Waals surface area contributed by atoms with Crippen molar-refractivity contribution in [1.29, 1.82) is 0 Å². The van der Waals surface area contributed by atoms with E-state index in [1.165, 1.54) is 6.07 Å². The highest BCUT2D eigenvalue weighted by atomic mass is 32.2. The van der Waals surface area contributed by atoms with Crippen LogP contribution in [0.25, 0.3) is 10.4 Å². The molecule has 0 atom stereocenters. The molecule has 10 heteroatoms. The Labute approximate surface area is 119 Å². The Morgan fingerprint density at radius 3 is 2.52 bits per heavy atom. The molecule has 0 aliphatic rings. The molecule has 0 fully saturated rings. The molecule has 6 nitrogen and oxygen atoms in total. The van der Waals surface area contributed by atoms with Crippen LogP contribution in [-0.2, 0) is 16.2 Å². The van der Waals surface area contributed by atoms with Gasteiger partial charge in [0.05, 0.1) is 10.5 Å². The van der Waals surface area contributed by atoms with Crippen LogP contribution in [0.15, 0.2) is 34.3 Å². The Morgan fingerprint density at radius 2 is 1.90 bits per heavy atom. The van der Waals surface area contributed by atoms with Crippen LogP contribution >= 0.6 is 0 Å². The van der Waals surface area contributed by atoms with Crippen molar-refractivity contribution in [2.45, 2.75) is 23.9 Å². The van der Waals surface area contributed by atoms with Gasteiger partial charge in [-0.1, -0.05) is 17.2 Å². The molecular formula is C11H13F3N4O2S. The molecule has 116 valence electrons. The molecule has 1 aromatic carbocycles. The summed E-state index contributed by atoms with van der Waals surface area (Å²) in [6.07, 6.45) is -3.95. The maximum Gasteiger partial charge on any atom is 0.417 e. The van der Waals surface area contributed by atoms with E-state index in [1.54, 1.807) is 0 Å². The van der Waals surface area contributed by atoms with Crippen molar-refractivity contribution in [2.75, 3.05) is 13.1 Å². The SMILES string of the molecule is [N-]=[N+]=NCCCCNS(=O)(=O)c1ccccc1C(F)(F)F. The van der Waals surface area contributed by atoms with E-state index in [9.17, 15) is 21.6 Å². The van der Waals surface area contributed by atoms with Crippen molar-refractivity contribution in [2.24, 2.45) is 5.11 Å². The van der Waals surface area contributed by atoms with Gasteiger partial charge in [0.2, 0.25) is 10.0 Å². The standard InChI is InChI=1S/C11H13F3N4O2S/c12-11(13,14)9-5-1-2-6-10(9)21(19,20)17-8-4-3-7-16-18-15/h1-2,5-6,17H,3-4,7-8H2. The Morgan fingerprint density at radius 1 is 1.24 bits per heavy atom. The highest BCUT2D eigenvalue weighted by Crippen LogP contribution is 2.33. The zero-order valence-corrected chi connectivity index (χ0v) is 11.7. The highest BCUT2D eigenvalue weighted by molar-refractivity contribution is 7.89. The molecule has 0 saturated carbocycles. The Balaban J connectivity index is 2.77. The number of halogens is 3. The molecule has 0 saturated heterocycles. The predicted octanol–water partition coefficient (Wildman–Crippen LogP) is 3.07. The second kappa shape index (κ2) is 7.30. The number of sulfonamides is 1. The molecule has 21 heavy (non-hydrogen) atoms. The fraction of sp³-hybridized carbons (Fsp3) is 0.455. The predicted molar refractivity (Wildman–Crippen MR) is 69.9 cm³/mol. The van der Waals surface area contributed by atoms with Gasteiger partial charge in [-0.15, -0.1) is 0 Å². The molecular weight excluding hydrogens is 309 g/mol. The summed E-state index contributed by atoms with van der Waals surface area (Å²) in [7, 11) is -4.24. The maximum atomic E-state index is 12.8. The summed E-state index contributed by atoms with van der Waals surface area (Å²) in [5.74, 6) is 0. The third kappa shape index (κ3) is 5.25. The molecule has 0 aliphatic heterocycles. The number of hydrogen-bond donors (Lipinski definition) is 1. The zero-order chi connectivity index (χ0) is 15.9. The first kappa shape index (κ1) is 17.3. The maximum absolute atomic E-state index is 12.8. The number of hydrogen-bond acceptors (Lipinski definition) is 3. The van der Waals surface area contributed by atoms with E-state index in [2.05, 4.69) is 14.7 Å². The van der Waals surface area contributed by atoms with Crippen LogP contribution < -0.4 is 4.72 Å². The minimum atomic E-state index is -4.74. The van der Waals surface area contributed by atoms with Gasteiger partial charge in [-0.3, -0.25) is 0 Å². The van der Waals surface area contributed by atoms with Gasteiger partial charge in [0.15, 0.2) is 0 Å². The van der Waals surface area contributed by atoms with Crippen LogP contribution in [0.4, 0.5) is 13.2 Å². The Hall–Kier alpha value is -1.77. The van der Waals surface area contributed by atoms with Crippen molar-refractivity contribution in [1.82, 2.24) is 4.72 Å². The molecule has 0 aliphatic carbocycles. The molecule has 1 N–H and O–H groups in total. The largest absolute Gasteiger partial charge is 0.417 e. The van der Waals surface area contributed by atoms with Crippen LogP contribution in [0.1, 0.15) is 18.4 Å². The first-order chi connectivity index (χ1) is 9.79. The second-order valence-corrected chi connectivity index (χ2v) is 5.79. The van der Waals surface area contributed by atoms with E-state index < -0.39 is 26.7 Å². The van der Waals surface area contributed by atoms with Crippen LogP contribution in [0.5, 0.6) is 0 Å². The van der Waals surface area contributed by atoms with Gasteiger partial charge in [0, 0.05) is 18.0 Å². The lowest BCUT2D eigenvalue weighted by atomic mass is 10.2. The topological polar surface area (TPSA) is 94.9 Å². The summed E-state index contributed by atoms with van der Waals surface area (Å²) in [6.45, 7) is 0.173. The average Bonchev–Trinajstić information content (AvgIpc) is 2.42. The summed E-state index contributed by atoms with van der Waals surface area (Å²) in [5, 5.41) is 3.26. The van der Waals surface area contributed by atoms with E-state index in [0.29, 0.717) is 12.8 Å². The van der Waals surface area contributed by atoms with E-state index in [4.69, 9.17) is 5.53 Å². The number of azide groups is 1. The summed E-state index contributed by atoms with van der Waals surface area (Å²) >= 11 is 0. The fourth-order valence-electron chi connectivity index (χ4n) is 1.57. The summed E-state index contributed by atoms with van der Waals surface area (Å²) < 4.78 is 64.2. The molecule has 1 aromatic rings. The molecule has 0 spiro atoms. The zero-order valence-electron chi connectivity index (χ0n) is 10.8. The number of nitrogens with one attached hydrogen (secondary N) is 1. The lowest BCUT2D eigenvalue weighted by molar-refractivity contribution is -0.139. The molecule has 0 amide bonds. The average molecular weight is 322 g/mol. The Bertz CT molecular complexity index is 625. The quantitative estimate of drug-likeness (QED) is 0.361. The van der Waals surface area contributed by atoms with Crippen molar-refractivity contribution in [3.8, 4) is 0 Å². The van der Waals surface area contributed by atoms with Crippen LogP contribution in [0, 0.1) is 0 Å². The number of rotatable bonds is 7. The summed E-state index contributed by atoms with van der Waals surface area (Å²) in [6, 6.07) is 3.98. The van der Waals surface area contributed by atoms with E-state index in [1.807, 2.05) is 0 Å². The van der Waals surface area contributed by atoms with Gasteiger partial charge in [-0.05, 0) is 30.5 Å². The third-order valence-corrected chi connectivity index (χ3v) is 4.04.